The number of hydrogen-bond donors (Lipinski definition) is 1. The van der Waals surface area contributed by atoms with Crippen LogP contribution in [0.5, 0.6) is 0 Å². The van der Waals surface area contributed by atoms with Gasteiger partial charge in [0.2, 0.25) is 0 Å². The van der Waals surface area contributed by atoms with E-state index in [0.717, 1.165) is 41.0 Å². The summed E-state index contributed by atoms with van der Waals surface area (Å²) in [6.07, 6.45) is 1.83. The van der Waals surface area contributed by atoms with Crippen LogP contribution in [0.1, 0.15) is 42.9 Å². The Kier molecular flexibility index (Phi) is 7.74. The maximum absolute atomic E-state index is 6.01. The normalized spacial score (nSPS) is 17.5. The SMILES string of the molecule is [B]N(C)C(C)CC(=C)C1c2cccc(N=C(c3ccccc3)c3ccccc3)c2NC1[B]CC. The van der Waals surface area contributed by atoms with Gasteiger partial charge in [-0.1, -0.05) is 105 Å². The Morgan fingerprint density at radius 2 is 1.65 bits per heavy atom. The van der Waals surface area contributed by atoms with Crippen LogP contribution < -0.4 is 5.32 Å². The first kappa shape index (κ1) is 24.1. The first-order valence-electron chi connectivity index (χ1n) is 12.1. The maximum Gasteiger partial charge on any atom is 0.182 e. The minimum Gasteiger partial charge on any atom is -0.387 e. The summed E-state index contributed by atoms with van der Waals surface area (Å²) in [7, 11) is 10.3. The van der Waals surface area contributed by atoms with Gasteiger partial charge >= 0.3 is 0 Å². The number of rotatable bonds is 9. The number of nitrogens with one attached hydrogen (secondary N) is 1. The van der Waals surface area contributed by atoms with Crippen LogP contribution in [0.25, 0.3) is 0 Å². The van der Waals surface area contributed by atoms with Crippen LogP contribution in [0, 0.1) is 0 Å². The van der Waals surface area contributed by atoms with Crippen molar-refractivity contribution in [2.75, 3.05) is 12.4 Å². The van der Waals surface area contributed by atoms with Gasteiger partial charge in [-0.25, -0.2) is 4.99 Å². The van der Waals surface area contributed by atoms with Crippen molar-refractivity contribution >= 4 is 32.3 Å². The Bertz CT molecular complexity index is 1100. The molecule has 3 radical (unpaired) electrons. The minimum atomic E-state index is 0.191. The smallest absolute Gasteiger partial charge is 0.182 e. The Balaban J connectivity index is 1.78. The van der Waals surface area contributed by atoms with Crippen molar-refractivity contribution in [1.29, 1.82) is 0 Å². The highest BCUT2D eigenvalue weighted by molar-refractivity contribution is 6.39. The summed E-state index contributed by atoms with van der Waals surface area (Å²) in [6, 6.07) is 27.4. The zero-order chi connectivity index (χ0) is 24.1. The van der Waals surface area contributed by atoms with Crippen molar-refractivity contribution < 1.29 is 0 Å². The van der Waals surface area contributed by atoms with Crippen LogP contribution in [0.2, 0.25) is 6.32 Å². The predicted octanol–water partition coefficient (Wildman–Crippen LogP) is 6.18. The summed E-state index contributed by atoms with van der Waals surface area (Å²) in [6.45, 7) is 8.82. The average molecular weight is 444 g/mol. The number of benzene rings is 3. The first-order chi connectivity index (χ1) is 16.5. The Morgan fingerprint density at radius 3 is 2.21 bits per heavy atom. The molecule has 34 heavy (non-hydrogen) atoms. The van der Waals surface area contributed by atoms with Crippen LogP contribution >= 0.6 is 0 Å². The second-order valence-corrected chi connectivity index (χ2v) is 9.10. The van der Waals surface area contributed by atoms with Gasteiger partial charge in [-0.05, 0) is 31.1 Å². The molecular formula is C29H32B2N3. The van der Waals surface area contributed by atoms with Crippen LogP contribution in [0.4, 0.5) is 11.4 Å². The van der Waals surface area contributed by atoms with Crippen molar-refractivity contribution in [3.05, 3.63) is 108 Å². The topological polar surface area (TPSA) is 27.6 Å². The second-order valence-electron chi connectivity index (χ2n) is 9.10. The highest BCUT2D eigenvalue weighted by atomic mass is 15.0. The first-order valence-corrected chi connectivity index (χ1v) is 12.1. The average Bonchev–Trinajstić information content (AvgIpc) is 3.22. The minimum absolute atomic E-state index is 0.191. The van der Waals surface area contributed by atoms with E-state index in [1.54, 1.807) is 4.81 Å². The molecule has 1 aliphatic rings. The quantitative estimate of drug-likeness (QED) is 0.242. The number of nitrogens with zero attached hydrogens (tertiary/aromatic N) is 2. The van der Waals surface area contributed by atoms with Gasteiger partial charge in [-0.3, -0.25) is 0 Å². The molecule has 0 amide bonds. The van der Waals surface area contributed by atoms with Gasteiger partial charge in [0.15, 0.2) is 7.98 Å². The Hall–Kier alpha value is -3.04. The highest BCUT2D eigenvalue weighted by Gasteiger charge is 2.35. The fourth-order valence-electron chi connectivity index (χ4n) is 4.69. The number of anilines is 1. The fraction of sp³-hybridized carbons (Fsp3) is 0.276. The molecule has 0 saturated carbocycles. The van der Waals surface area contributed by atoms with Crippen molar-refractivity contribution in [3.63, 3.8) is 0 Å². The molecule has 3 aromatic carbocycles. The molecule has 3 aromatic rings. The largest absolute Gasteiger partial charge is 0.387 e. The Morgan fingerprint density at radius 1 is 1.03 bits per heavy atom. The summed E-state index contributed by atoms with van der Waals surface area (Å²) < 4.78 is 0. The van der Waals surface area contributed by atoms with Crippen molar-refractivity contribution in [2.24, 2.45) is 4.99 Å². The summed E-state index contributed by atoms with van der Waals surface area (Å²) in [5.41, 5.74) is 7.67. The number of aliphatic imine (C=N–C) groups is 1. The molecule has 5 heteroatoms. The van der Waals surface area contributed by atoms with E-state index in [-0.39, 0.29) is 17.9 Å². The third-order valence-corrected chi connectivity index (χ3v) is 6.59. The standard InChI is InChI=1S/C29H32B2N3/c1-5-31-29-26(20(2)19-21(3)34(4)30)24-17-12-18-25(28(24)33-29)32-27(22-13-8-6-9-14-22)23-15-10-7-11-16-23/h6-18,21,26,29,33H,2,5,19H2,1,3-4H3. The van der Waals surface area contributed by atoms with Crippen molar-refractivity contribution in [1.82, 2.24) is 4.81 Å². The molecule has 0 bridgehead atoms. The lowest BCUT2D eigenvalue weighted by molar-refractivity contribution is 0.411. The zero-order valence-electron chi connectivity index (χ0n) is 20.4. The molecule has 0 aliphatic carbocycles. The van der Waals surface area contributed by atoms with E-state index in [2.05, 4.69) is 99.8 Å². The van der Waals surface area contributed by atoms with Gasteiger partial charge in [-0.2, -0.15) is 0 Å². The number of para-hydroxylation sites is 1. The van der Waals surface area contributed by atoms with Gasteiger partial charge in [-0.15, -0.1) is 0 Å². The summed E-state index contributed by atoms with van der Waals surface area (Å²) >= 11 is 0. The molecule has 1 aliphatic heterocycles. The molecule has 0 spiro atoms. The molecule has 1 heterocycles. The number of fused-ring (bicyclic) bond motifs is 1. The molecule has 3 unspecified atom stereocenters. The summed E-state index contributed by atoms with van der Waals surface area (Å²) in [5.74, 6) is 0.389. The molecule has 1 N–H and O–H groups in total. The van der Waals surface area contributed by atoms with Gasteiger partial charge in [0.05, 0.1) is 17.1 Å². The highest BCUT2D eigenvalue weighted by Crippen LogP contribution is 2.46. The van der Waals surface area contributed by atoms with Crippen LogP contribution in [-0.4, -0.2) is 44.8 Å². The molecule has 3 atom stereocenters. The lowest BCUT2D eigenvalue weighted by Crippen LogP contribution is -2.31. The van der Waals surface area contributed by atoms with Crippen LogP contribution in [0.15, 0.2) is 96.0 Å². The Labute approximate surface area is 206 Å². The van der Waals surface area contributed by atoms with Crippen molar-refractivity contribution in [3.8, 4) is 0 Å². The van der Waals surface area contributed by atoms with E-state index in [0.29, 0.717) is 0 Å². The summed E-state index contributed by atoms with van der Waals surface area (Å²) in [5, 5.41) is 3.78. The second kappa shape index (κ2) is 10.9. The molecule has 0 fully saturated rings. The van der Waals surface area contributed by atoms with E-state index in [1.807, 2.05) is 19.2 Å². The lowest BCUT2D eigenvalue weighted by Gasteiger charge is -2.27. The van der Waals surface area contributed by atoms with Gasteiger partial charge < -0.3 is 10.1 Å². The fourth-order valence-corrected chi connectivity index (χ4v) is 4.69. The maximum atomic E-state index is 6.01. The van der Waals surface area contributed by atoms with Gasteiger partial charge in [0.25, 0.3) is 0 Å². The van der Waals surface area contributed by atoms with Gasteiger partial charge in [0.1, 0.15) is 7.28 Å². The van der Waals surface area contributed by atoms with E-state index in [4.69, 9.17) is 13.0 Å². The van der Waals surface area contributed by atoms with Crippen LogP contribution in [-0.2, 0) is 0 Å². The van der Waals surface area contributed by atoms with E-state index in [9.17, 15) is 0 Å². The third kappa shape index (κ3) is 5.20. The third-order valence-electron chi connectivity index (χ3n) is 6.59. The molecule has 0 saturated heterocycles. The van der Waals surface area contributed by atoms with E-state index < -0.39 is 0 Å². The molecule has 3 nitrogen and oxygen atoms in total. The van der Waals surface area contributed by atoms with Gasteiger partial charge in [0, 0.05) is 23.0 Å². The van der Waals surface area contributed by atoms with E-state index >= 15 is 0 Å². The molecule has 0 aromatic heterocycles. The monoisotopic (exact) mass is 444 g/mol. The molecule has 169 valence electrons. The predicted molar refractivity (Wildman–Crippen MR) is 148 cm³/mol. The van der Waals surface area contributed by atoms with Crippen molar-refractivity contribution in [2.45, 2.75) is 44.5 Å². The molecule has 4 rings (SSSR count). The molecular weight excluding hydrogens is 412 g/mol. The number of hydrogen-bond acceptors (Lipinski definition) is 3. The summed E-state index contributed by atoms with van der Waals surface area (Å²) in [4.78, 5) is 6.99. The lowest BCUT2D eigenvalue weighted by atomic mass is 9.61. The zero-order valence-corrected chi connectivity index (χ0v) is 20.4. The van der Waals surface area contributed by atoms with Crippen LogP contribution in [0.3, 0.4) is 0 Å². The van der Waals surface area contributed by atoms with E-state index in [1.165, 1.54) is 11.1 Å².